The molecule has 1 amide bonds. The fourth-order valence-electron chi connectivity index (χ4n) is 2.04. The molecule has 15 heavy (non-hydrogen) atoms. The molecule has 1 saturated heterocycles. The first kappa shape index (κ1) is 10.7. The zero-order valence-corrected chi connectivity index (χ0v) is 9.98. The van der Waals surface area contributed by atoms with Crippen molar-refractivity contribution in [2.75, 3.05) is 13.1 Å². The Morgan fingerprint density at radius 2 is 2.13 bits per heavy atom. The number of likely N-dealkylation sites (tertiary alicyclic amines) is 1. The Bertz CT molecular complexity index is 339. The van der Waals surface area contributed by atoms with Gasteiger partial charge in [0.2, 0.25) is 0 Å². The molecular formula is C12H17NOS. The second-order valence-electron chi connectivity index (χ2n) is 3.98. The first-order valence-electron chi connectivity index (χ1n) is 5.68. The molecule has 0 saturated carbocycles. The Hall–Kier alpha value is -0.830. The van der Waals surface area contributed by atoms with Gasteiger partial charge in [0.25, 0.3) is 5.91 Å². The summed E-state index contributed by atoms with van der Waals surface area (Å²) in [6, 6.07) is 2.07. The first-order chi connectivity index (χ1) is 7.33. The third-order valence-corrected chi connectivity index (χ3v) is 3.91. The highest BCUT2D eigenvalue weighted by molar-refractivity contribution is 7.12. The minimum absolute atomic E-state index is 0.251. The number of hydrogen-bond donors (Lipinski definition) is 0. The molecule has 2 rings (SSSR count). The van der Waals surface area contributed by atoms with Crippen LogP contribution < -0.4 is 0 Å². The Balaban J connectivity index is 2.12. The van der Waals surface area contributed by atoms with Gasteiger partial charge in [0, 0.05) is 13.1 Å². The van der Waals surface area contributed by atoms with E-state index < -0.39 is 0 Å². The second-order valence-corrected chi connectivity index (χ2v) is 4.90. The molecule has 2 heterocycles. The average molecular weight is 223 g/mol. The van der Waals surface area contributed by atoms with Gasteiger partial charge in [-0.2, -0.15) is 0 Å². The third-order valence-electron chi connectivity index (χ3n) is 2.97. The molecule has 1 aromatic rings. The van der Waals surface area contributed by atoms with Crippen LogP contribution in [0.4, 0.5) is 0 Å². The Labute approximate surface area is 94.9 Å². The van der Waals surface area contributed by atoms with Gasteiger partial charge in [-0.15, -0.1) is 11.3 Å². The van der Waals surface area contributed by atoms with E-state index in [-0.39, 0.29) is 5.91 Å². The zero-order valence-electron chi connectivity index (χ0n) is 9.16. The van der Waals surface area contributed by atoms with E-state index >= 15 is 0 Å². The molecular weight excluding hydrogens is 206 g/mol. The predicted octanol–water partition coefficient (Wildman–Crippen LogP) is 2.94. The van der Waals surface area contributed by atoms with E-state index in [1.54, 1.807) is 11.3 Å². The number of aryl methyl sites for hydroxylation is 1. The number of rotatable bonds is 2. The molecule has 0 atom stereocenters. The lowest BCUT2D eigenvalue weighted by Crippen LogP contribution is -2.35. The molecule has 1 aromatic heterocycles. The minimum Gasteiger partial charge on any atom is -0.338 e. The van der Waals surface area contributed by atoms with E-state index in [1.165, 1.54) is 24.8 Å². The molecule has 3 heteroatoms. The van der Waals surface area contributed by atoms with Crippen LogP contribution in [0.5, 0.6) is 0 Å². The summed E-state index contributed by atoms with van der Waals surface area (Å²) in [5.41, 5.74) is 1.20. The van der Waals surface area contributed by atoms with E-state index in [1.807, 2.05) is 10.3 Å². The summed E-state index contributed by atoms with van der Waals surface area (Å²) in [4.78, 5) is 15.1. The number of carbonyl (C=O) groups is 1. The summed E-state index contributed by atoms with van der Waals surface area (Å²) < 4.78 is 0. The van der Waals surface area contributed by atoms with Crippen molar-refractivity contribution in [1.29, 1.82) is 0 Å². The monoisotopic (exact) mass is 223 g/mol. The van der Waals surface area contributed by atoms with E-state index in [4.69, 9.17) is 0 Å². The van der Waals surface area contributed by atoms with E-state index in [0.29, 0.717) is 0 Å². The normalized spacial score (nSPS) is 16.7. The molecule has 1 fully saturated rings. The van der Waals surface area contributed by atoms with Crippen molar-refractivity contribution in [1.82, 2.24) is 4.90 Å². The Morgan fingerprint density at radius 1 is 1.40 bits per heavy atom. The molecule has 0 radical (unpaired) electrons. The van der Waals surface area contributed by atoms with Gasteiger partial charge in [-0.3, -0.25) is 4.79 Å². The summed E-state index contributed by atoms with van der Waals surface area (Å²) in [6.45, 7) is 3.99. The van der Waals surface area contributed by atoms with Crippen LogP contribution in [0.25, 0.3) is 0 Å². The van der Waals surface area contributed by atoms with Crippen LogP contribution in [-0.2, 0) is 6.42 Å². The highest BCUT2D eigenvalue weighted by atomic mass is 32.1. The highest BCUT2D eigenvalue weighted by Gasteiger charge is 2.20. The maximum absolute atomic E-state index is 12.2. The third kappa shape index (κ3) is 2.23. The van der Waals surface area contributed by atoms with Crippen molar-refractivity contribution in [2.24, 2.45) is 0 Å². The van der Waals surface area contributed by atoms with Crippen molar-refractivity contribution < 1.29 is 4.79 Å². The van der Waals surface area contributed by atoms with Crippen LogP contribution in [0.15, 0.2) is 11.4 Å². The number of amides is 1. The standard InChI is InChI=1S/C12H17NOS/c1-2-10-6-9-15-11(10)12(14)13-7-4-3-5-8-13/h6,9H,2-5,7-8H2,1H3. The van der Waals surface area contributed by atoms with Crippen LogP contribution in [0, 0.1) is 0 Å². The Morgan fingerprint density at radius 3 is 2.80 bits per heavy atom. The molecule has 1 aliphatic heterocycles. The van der Waals surface area contributed by atoms with Gasteiger partial charge in [-0.25, -0.2) is 0 Å². The van der Waals surface area contributed by atoms with Gasteiger partial charge in [0.15, 0.2) is 0 Å². The van der Waals surface area contributed by atoms with Crippen molar-refractivity contribution in [3.05, 3.63) is 21.9 Å². The van der Waals surface area contributed by atoms with Gasteiger partial charge in [-0.05, 0) is 42.7 Å². The summed E-state index contributed by atoms with van der Waals surface area (Å²) in [6.07, 6.45) is 4.56. The molecule has 0 N–H and O–H groups in total. The number of nitrogens with zero attached hydrogens (tertiary/aromatic N) is 1. The molecule has 0 bridgehead atoms. The lowest BCUT2D eigenvalue weighted by molar-refractivity contribution is 0.0728. The summed E-state index contributed by atoms with van der Waals surface area (Å²) in [5, 5.41) is 2.02. The van der Waals surface area contributed by atoms with Crippen LogP contribution in [0.2, 0.25) is 0 Å². The molecule has 0 unspecified atom stereocenters. The first-order valence-corrected chi connectivity index (χ1v) is 6.56. The summed E-state index contributed by atoms with van der Waals surface area (Å²) in [7, 11) is 0. The number of piperidine rings is 1. The van der Waals surface area contributed by atoms with Crippen molar-refractivity contribution in [2.45, 2.75) is 32.6 Å². The van der Waals surface area contributed by atoms with Crippen molar-refractivity contribution in [3.63, 3.8) is 0 Å². The number of thiophene rings is 1. The van der Waals surface area contributed by atoms with Crippen LogP contribution >= 0.6 is 11.3 Å². The molecule has 1 aliphatic rings. The average Bonchev–Trinajstić information content (AvgIpc) is 2.77. The van der Waals surface area contributed by atoms with Crippen molar-refractivity contribution in [3.8, 4) is 0 Å². The molecule has 0 spiro atoms. The molecule has 2 nitrogen and oxygen atoms in total. The largest absolute Gasteiger partial charge is 0.338 e. The molecule has 82 valence electrons. The molecule has 0 aromatic carbocycles. The van der Waals surface area contributed by atoms with Gasteiger partial charge in [0.1, 0.15) is 0 Å². The quantitative estimate of drug-likeness (QED) is 0.755. The lowest BCUT2D eigenvalue weighted by Gasteiger charge is -2.26. The topological polar surface area (TPSA) is 20.3 Å². The fraction of sp³-hybridized carbons (Fsp3) is 0.583. The van der Waals surface area contributed by atoms with Crippen LogP contribution in [-0.4, -0.2) is 23.9 Å². The van der Waals surface area contributed by atoms with Crippen LogP contribution in [0.1, 0.15) is 41.4 Å². The zero-order chi connectivity index (χ0) is 10.7. The summed E-state index contributed by atoms with van der Waals surface area (Å²) >= 11 is 1.58. The number of carbonyl (C=O) groups excluding carboxylic acids is 1. The van der Waals surface area contributed by atoms with Gasteiger partial charge < -0.3 is 4.90 Å². The van der Waals surface area contributed by atoms with Gasteiger partial charge >= 0.3 is 0 Å². The number of hydrogen-bond acceptors (Lipinski definition) is 2. The Kier molecular flexibility index (Phi) is 3.41. The van der Waals surface area contributed by atoms with Gasteiger partial charge in [0.05, 0.1) is 4.88 Å². The second kappa shape index (κ2) is 4.79. The summed E-state index contributed by atoms with van der Waals surface area (Å²) in [5.74, 6) is 0.251. The van der Waals surface area contributed by atoms with Gasteiger partial charge in [-0.1, -0.05) is 6.92 Å². The van der Waals surface area contributed by atoms with E-state index in [2.05, 4.69) is 13.0 Å². The fourth-order valence-corrected chi connectivity index (χ4v) is 3.00. The predicted molar refractivity (Wildman–Crippen MR) is 63.5 cm³/mol. The highest BCUT2D eigenvalue weighted by Crippen LogP contribution is 2.21. The van der Waals surface area contributed by atoms with Crippen LogP contribution in [0.3, 0.4) is 0 Å². The smallest absolute Gasteiger partial charge is 0.264 e. The lowest BCUT2D eigenvalue weighted by atomic mass is 10.1. The van der Waals surface area contributed by atoms with E-state index in [9.17, 15) is 4.79 Å². The van der Waals surface area contributed by atoms with Crippen molar-refractivity contribution >= 4 is 17.2 Å². The minimum atomic E-state index is 0.251. The maximum atomic E-state index is 12.2. The molecule has 0 aliphatic carbocycles. The van der Waals surface area contributed by atoms with E-state index in [0.717, 1.165) is 24.4 Å². The maximum Gasteiger partial charge on any atom is 0.264 e. The SMILES string of the molecule is CCc1ccsc1C(=O)N1CCCCC1.